The van der Waals surface area contributed by atoms with Gasteiger partial charge in [-0.1, -0.05) is 6.92 Å². The zero-order valence-electron chi connectivity index (χ0n) is 11.2. The number of benzene rings is 1. The Labute approximate surface area is 120 Å². The second-order valence-electron chi connectivity index (χ2n) is 4.23. The Morgan fingerprint density at radius 3 is 2.85 bits per heavy atom. The summed E-state index contributed by atoms with van der Waals surface area (Å²) in [5.74, 6) is 0. The van der Waals surface area contributed by atoms with Crippen molar-refractivity contribution in [1.29, 1.82) is 0 Å². The van der Waals surface area contributed by atoms with Gasteiger partial charge in [-0.15, -0.1) is 10.2 Å². The molecule has 7 nitrogen and oxygen atoms in total. The third kappa shape index (κ3) is 3.47. The number of nitrogens with zero attached hydrogens (tertiary/aromatic N) is 4. The molecule has 20 heavy (non-hydrogen) atoms. The third-order valence-corrected chi connectivity index (χ3v) is 3.58. The highest BCUT2D eigenvalue weighted by atomic mass is 32.2. The zero-order valence-corrected chi connectivity index (χ0v) is 12.1. The van der Waals surface area contributed by atoms with Crippen LogP contribution in [0.15, 0.2) is 34.6 Å². The highest BCUT2D eigenvalue weighted by Crippen LogP contribution is 2.31. The molecule has 2 rings (SSSR count). The van der Waals surface area contributed by atoms with E-state index in [0.29, 0.717) is 5.16 Å². The van der Waals surface area contributed by atoms with Gasteiger partial charge in [0.15, 0.2) is 5.16 Å². The molecule has 0 saturated carbocycles. The molecule has 0 unspecified atom stereocenters. The van der Waals surface area contributed by atoms with Crippen LogP contribution in [-0.2, 0) is 7.05 Å². The first-order valence-electron chi connectivity index (χ1n) is 6.15. The average molecular weight is 293 g/mol. The first kappa shape index (κ1) is 14.3. The van der Waals surface area contributed by atoms with Crippen molar-refractivity contribution >= 4 is 23.1 Å². The summed E-state index contributed by atoms with van der Waals surface area (Å²) < 4.78 is 1.77. The summed E-state index contributed by atoms with van der Waals surface area (Å²) in [6.07, 6.45) is 2.55. The molecule has 0 bridgehead atoms. The molecule has 1 heterocycles. The SMILES string of the molecule is CCCNc1cc(Sc2nncn2C)cc([N+](=O)[O-])c1. The fourth-order valence-electron chi connectivity index (χ4n) is 1.59. The van der Waals surface area contributed by atoms with Crippen molar-refractivity contribution in [3.63, 3.8) is 0 Å². The molecule has 0 aliphatic heterocycles. The second-order valence-corrected chi connectivity index (χ2v) is 5.27. The highest BCUT2D eigenvalue weighted by Gasteiger charge is 2.12. The number of aromatic nitrogens is 3. The highest BCUT2D eigenvalue weighted by molar-refractivity contribution is 7.99. The molecule has 0 aliphatic rings. The van der Waals surface area contributed by atoms with Crippen LogP contribution in [0, 0.1) is 10.1 Å². The van der Waals surface area contributed by atoms with E-state index in [2.05, 4.69) is 15.5 Å². The fraction of sp³-hybridized carbons (Fsp3) is 0.333. The van der Waals surface area contributed by atoms with Gasteiger partial charge >= 0.3 is 0 Å². The van der Waals surface area contributed by atoms with Crippen molar-refractivity contribution in [1.82, 2.24) is 14.8 Å². The van der Waals surface area contributed by atoms with E-state index in [-0.39, 0.29) is 5.69 Å². The molecule has 0 radical (unpaired) electrons. The van der Waals surface area contributed by atoms with Crippen LogP contribution >= 0.6 is 11.8 Å². The Hall–Kier alpha value is -2.09. The number of aryl methyl sites for hydroxylation is 1. The number of non-ortho nitro benzene ring substituents is 1. The van der Waals surface area contributed by atoms with E-state index in [0.717, 1.165) is 23.5 Å². The van der Waals surface area contributed by atoms with Gasteiger partial charge in [0, 0.05) is 36.3 Å². The van der Waals surface area contributed by atoms with Gasteiger partial charge in [-0.25, -0.2) is 0 Å². The number of hydrogen-bond acceptors (Lipinski definition) is 6. The summed E-state index contributed by atoms with van der Waals surface area (Å²) in [6.45, 7) is 2.81. The molecule has 8 heteroatoms. The number of anilines is 1. The number of nitro groups is 1. The quantitative estimate of drug-likeness (QED) is 0.651. The lowest BCUT2D eigenvalue weighted by Crippen LogP contribution is -2.01. The minimum atomic E-state index is -0.391. The van der Waals surface area contributed by atoms with Crippen LogP contribution < -0.4 is 5.32 Å². The van der Waals surface area contributed by atoms with Crippen LogP contribution in [0.25, 0.3) is 0 Å². The van der Waals surface area contributed by atoms with E-state index in [4.69, 9.17) is 0 Å². The lowest BCUT2D eigenvalue weighted by molar-refractivity contribution is -0.385. The zero-order chi connectivity index (χ0) is 14.5. The molecule has 1 aromatic heterocycles. The van der Waals surface area contributed by atoms with E-state index in [9.17, 15) is 10.1 Å². The maximum atomic E-state index is 11.0. The molecule has 106 valence electrons. The van der Waals surface area contributed by atoms with E-state index in [1.54, 1.807) is 10.9 Å². The summed E-state index contributed by atoms with van der Waals surface area (Å²) in [6, 6.07) is 4.95. The van der Waals surface area contributed by atoms with Crippen molar-refractivity contribution in [2.24, 2.45) is 7.05 Å². The predicted octanol–water partition coefficient (Wildman–Crippen LogP) is 2.70. The number of nitrogens with one attached hydrogen (secondary N) is 1. The Balaban J connectivity index is 2.29. The van der Waals surface area contributed by atoms with Gasteiger partial charge in [0.25, 0.3) is 5.69 Å². The summed E-state index contributed by atoms with van der Waals surface area (Å²) in [5, 5.41) is 22.6. The maximum Gasteiger partial charge on any atom is 0.272 e. The summed E-state index contributed by atoms with van der Waals surface area (Å²) in [7, 11) is 1.83. The Bertz CT molecular complexity index is 614. The molecule has 0 saturated heterocycles. The number of hydrogen-bond donors (Lipinski definition) is 1. The van der Waals surface area contributed by atoms with Gasteiger partial charge in [-0.2, -0.15) is 0 Å². The number of rotatable bonds is 6. The summed E-state index contributed by atoms with van der Waals surface area (Å²) in [5.41, 5.74) is 0.807. The fourth-order valence-corrected chi connectivity index (χ4v) is 2.44. The van der Waals surface area contributed by atoms with Gasteiger partial charge in [0.2, 0.25) is 0 Å². The topological polar surface area (TPSA) is 85.9 Å². The van der Waals surface area contributed by atoms with Crippen molar-refractivity contribution in [3.8, 4) is 0 Å². The minimum absolute atomic E-state index is 0.0655. The third-order valence-electron chi connectivity index (χ3n) is 2.56. The largest absolute Gasteiger partial charge is 0.385 e. The molecule has 1 N–H and O–H groups in total. The molecular formula is C12H15N5O2S. The van der Waals surface area contributed by atoms with Crippen LogP contribution in [0.5, 0.6) is 0 Å². The van der Waals surface area contributed by atoms with Gasteiger partial charge < -0.3 is 9.88 Å². The van der Waals surface area contributed by atoms with E-state index in [1.165, 1.54) is 23.9 Å². The van der Waals surface area contributed by atoms with Crippen molar-refractivity contribution < 1.29 is 4.92 Å². The lowest BCUT2D eigenvalue weighted by atomic mass is 10.2. The van der Waals surface area contributed by atoms with E-state index < -0.39 is 4.92 Å². The van der Waals surface area contributed by atoms with Crippen molar-refractivity contribution in [2.45, 2.75) is 23.4 Å². The summed E-state index contributed by atoms with van der Waals surface area (Å²) >= 11 is 1.34. The predicted molar refractivity (Wildman–Crippen MR) is 77.0 cm³/mol. The smallest absolute Gasteiger partial charge is 0.272 e. The molecule has 0 aliphatic carbocycles. The van der Waals surface area contributed by atoms with Gasteiger partial charge in [0.1, 0.15) is 6.33 Å². The molecule has 0 amide bonds. The van der Waals surface area contributed by atoms with Crippen LogP contribution in [-0.4, -0.2) is 26.2 Å². The minimum Gasteiger partial charge on any atom is -0.385 e. The molecule has 2 aromatic rings. The van der Waals surface area contributed by atoms with Crippen LogP contribution in [0.3, 0.4) is 0 Å². The molecule has 0 atom stereocenters. The van der Waals surface area contributed by atoms with E-state index >= 15 is 0 Å². The molecule has 0 spiro atoms. The Morgan fingerprint density at radius 1 is 1.45 bits per heavy atom. The van der Waals surface area contributed by atoms with Crippen LogP contribution in [0.4, 0.5) is 11.4 Å². The van der Waals surface area contributed by atoms with Crippen molar-refractivity contribution in [2.75, 3.05) is 11.9 Å². The van der Waals surface area contributed by atoms with Gasteiger partial charge in [-0.05, 0) is 24.2 Å². The first-order valence-corrected chi connectivity index (χ1v) is 6.97. The van der Waals surface area contributed by atoms with Crippen LogP contribution in [0.2, 0.25) is 0 Å². The summed E-state index contributed by atoms with van der Waals surface area (Å²) in [4.78, 5) is 11.4. The van der Waals surface area contributed by atoms with Crippen LogP contribution in [0.1, 0.15) is 13.3 Å². The van der Waals surface area contributed by atoms with E-state index in [1.807, 2.05) is 20.0 Å². The van der Waals surface area contributed by atoms with Gasteiger partial charge in [-0.3, -0.25) is 10.1 Å². The Morgan fingerprint density at radius 2 is 2.25 bits per heavy atom. The molecule has 1 aromatic carbocycles. The van der Waals surface area contributed by atoms with Gasteiger partial charge in [0.05, 0.1) is 4.92 Å². The van der Waals surface area contributed by atoms with Crippen molar-refractivity contribution in [3.05, 3.63) is 34.6 Å². The Kier molecular flexibility index (Phi) is 4.57. The second kappa shape index (κ2) is 6.38. The monoisotopic (exact) mass is 293 g/mol. The maximum absolute atomic E-state index is 11.0. The number of nitro benzene ring substituents is 1. The first-order chi connectivity index (χ1) is 9.60. The lowest BCUT2D eigenvalue weighted by Gasteiger charge is -2.07. The molecular weight excluding hydrogens is 278 g/mol. The standard InChI is InChI=1S/C12H15N5O2S/c1-3-4-13-9-5-10(17(18)19)7-11(6-9)20-12-15-14-8-16(12)2/h5-8,13H,3-4H2,1-2H3. The molecule has 0 fully saturated rings. The normalized spacial score (nSPS) is 10.5. The average Bonchev–Trinajstić information content (AvgIpc) is 2.81.